The molecule has 0 saturated carbocycles. The van der Waals surface area contributed by atoms with Crippen LogP contribution in [-0.2, 0) is 11.3 Å². The Morgan fingerprint density at radius 1 is 1.07 bits per heavy atom. The first-order valence-corrected chi connectivity index (χ1v) is 9.57. The number of imide groups is 1. The summed E-state index contributed by atoms with van der Waals surface area (Å²) in [6.07, 6.45) is 0.376. The summed E-state index contributed by atoms with van der Waals surface area (Å²) in [5.74, 6) is -0.522. The molecule has 1 N–H and O–H groups in total. The van der Waals surface area contributed by atoms with Gasteiger partial charge >= 0.3 is 6.03 Å². The van der Waals surface area contributed by atoms with Crippen LogP contribution in [0.25, 0.3) is 0 Å². The van der Waals surface area contributed by atoms with Gasteiger partial charge in [0.05, 0.1) is 13.1 Å². The molecule has 1 atom stereocenters. The molecule has 1 unspecified atom stereocenters. The molecule has 6 nitrogen and oxygen atoms in total. The number of hydrogen-bond donors (Lipinski definition) is 1. The highest BCUT2D eigenvalue weighted by molar-refractivity contribution is 6.31. The molecule has 1 spiro atoms. The van der Waals surface area contributed by atoms with Gasteiger partial charge < -0.3 is 10.2 Å². The highest BCUT2D eigenvalue weighted by Crippen LogP contribution is 2.31. The van der Waals surface area contributed by atoms with Crippen LogP contribution >= 0.6 is 23.2 Å². The number of carbonyl (C=O) groups is 3. The minimum absolute atomic E-state index is 0.139. The fraction of sp³-hybridized carbons (Fsp3) is 0.250. The quantitative estimate of drug-likeness (QED) is 0.778. The fourth-order valence-electron chi connectivity index (χ4n) is 3.66. The topological polar surface area (TPSA) is 69.7 Å². The number of likely N-dealkylation sites (tertiary alicyclic amines) is 1. The van der Waals surface area contributed by atoms with Crippen molar-refractivity contribution in [2.45, 2.75) is 18.5 Å². The van der Waals surface area contributed by atoms with Crippen molar-refractivity contribution < 1.29 is 14.4 Å². The molecule has 8 heteroatoms. The Morgan fingerprint density at radius 3 is 2.54 bits per heavy atom. The number of rotatable bonds is 3. The van der Waals surface area contributed by atoms with Gasteiger partial charge in [-0.15, -0.1) is 0 Å². The lowest BCUT2D eigenvalue weighted by Crippen LogP contribution is -2.49. The SMILES string of the molecule is O=C(c1cccc(Cl)c1)N1CCC2(C1)NC(=O)N(Cc1ccc(Cl)cc1)C2=O. The van der Waals surface area contributed by atoms with Crippen LogP contribution in [0.3, 0.4) is 0 Å². The summed E-state index contributed by atoms with van der Waals surface area (Å²) >= 11 is 11.9. The number of carbonyl (C=O) groups excluding carboxylic acids is 3. The van der Waals surface area contributed by atoms with Gasteiger partial charge in [-0.3, -0.25) is 14.5 Å². The number of nitrogens with one attached hydrogen (secondary N) is 1. The molecule has 4 rings (SSSR count). The van der Waals surface area contributed by atoms with Crippen molar-refractivity contribution in [3.05, 3.63) is 69.7 Å². The van der Waals surface area contributed by atoms with Gasteiger partial charge in [0.2, 0.25) is 0 Å². The summed E-state index contributed by atoms with van der Waals surface area (Å²) in [7, 11) is 0. The zero-order valence-corrected chi connectivity index (χ0v) is 16.3. The summed E-state index contributed by atoms with van der Waals surface area (Å²) < 4.78 is 0. The van der Waals surface area contributed by atoms with Crippen molar-refractivity contribution in [1.82, 2.24) is 15.1 Å². The maximum absolute atomic E-state index is 13.0. The van der Waals surface area contributed by atoms with Crippen molar-refractivity contribution >= 4 is 41.0 Å². The number of nitrogens with zero attached hydrogens (tertiary/aromatic N) is 2. The number of amides is 4. The minimum Gasteiger partial charge on any atom is -0.336 e. The van der Waals surface area contributed by atoms with Crippen molar-refractivity contribution in [2.24, 2.45) is 0 Å². The third kappa shape index (κ3) is 3.34. The molecule has 2 aliphatic heterocycles. The molecular weight excluding hydrogens is 401 g/mol. The maximum Gasteiger partial charge on any atom is 0.325 e. The van der Waals surface area contributed by atoms with Crippen LogP contribution in [0.1, 0.15) is 22.3 Å². The highest BCUT2D eigenvalue weighted by Gasteiger charge is 2.55. The van der Waals surface area contributed by atoms with Gasteiger partial charge in [-0.05, 0) is 42.3 Å². The Balaban J connectivity index is 1.50. The lowest BCUT2D eigenvalue weighted by atomic mass is 9.99. The van der Waals surface area contributed by atoms with Crippen molar-refractivity contribution in [2.75, 3.05) is 13.1 Å². The zero-order valence-electron chi connectivity index (χ0n) is 14.8. The summed E-state index contributed by atoms with van der Waals surface area (Å²) in [4.78, 5) is 41.0. The normalized spacial score (nSPS) is 21.5. The first kappa shape index (κ1) is 18.8. The predicted octanol–water partition coefficient (Wildman–Crippen LogP) is 3.33. The van der Waals surface area contributed by atoms with E-state index in [-0.39, 0.29) is 24.9 Å². The monoisotopic (exact) mass is 417 g/mol. The number of urea groups is 1. The van der Waals surface area contributed by atoms with E-state index in [0.717, 1.165) is 5.56 Å². The molecule has 2 saturated heterocycles. The van der Waals surface area contributed by atoms with Gasteiger partial charge in [0, 0.05) is 22.2 Å². The van der Waals surface area contributed by atoms with E-state index in [1.54, 1.807) is 53.4 Å². The van der Waals surface area contributed by atoms with E-state index in [0.29, 0.717) is 28.6 Å². The summed E-state index contributed by atoms with van der Waals surface area (Å²) in [5.41, 5.74) is 0.187. The van der Waals surface area contributed by atoms with Crippen LogP contribution in [0.5, 0.6) is 0 Å². The summed E-state index contributed by atoms with van der Waals surface area (Å²) in [5, 5.41) is 3.86. The standard InChI is InChI=1S/C20H17Cl2N3O3/c21-15-6-4-13(5-7-15)11-25-18(27)20(23-19(25)28)8-9-24(12-20)17(26)14-2-1-3-16(22)10-14/h1-7,10H,8-9,11-12H2,(H,23,28). The van der Waals surface area contributed by atoms with Crippen LogP contribution < -0.4 is 5.32 Å². The molecular formula is C20H17Cl2N3O3. The van der Waals surface area contributed by atoms with Crippen LogP contribution in [-0.4, -0.2) is 46.3 Å². The molecule has 144 valence electrons. The Hall–Kier alpha value is -2.57. The van der Waals surface area contributed by atoms with Gasteiger partial charge in [0.25, 0.3) is 11.8 Å². The molecule has 2 fully saturated rings. The summed E-state index contributed by atoms with van der Waals surface area (Å²) in [6.45, 7) is 0.679. The van der Waals surface area contributed by atoms with E-state index >= 15 is 0 Å². The van der Waals surface area contributed by atoms with E-state index in [9.17, 15) is 14.4 Å². The highest BCUT2D eigenvalue weighted by atomic mass is 35.5. The van der Waals surface area contributed by atoms with Crippen LogP contribution in [0.4, 0.5) is 4.79 Å². The number of halogens is 2. The second-order valence-electron chi connectivity index (χ2n) is 7.02. The third-order valence-electron chi connectivity index (χ3n) is 5.13. The average Bonchev–Trinajstić information content (AvgIpc) is 3.20. The van der Waals surface area contributed by atoms with Gasteiger partial charge in [-0.1, -0.05) is 41.4 Å². The van der Waals surface area contributed by atoms with Crippen molar-refractivity contribution in [3.63, 3.8) is 0 Å². The molecule has 4 amide bonds. The van der Waals surface area contributed by atoms with Crippen LogP contribution in [0.2, 0.25) is 10.0 Å². The Bertz CT molecular complexity index is 963. The van der Waals surface area contributed by atoms with Gasteiger partial charge in [-0.2, -0.15) is 0 Å². The third-order valence-corrected chi connectivity index (χ3v) is 5.61. The van der Waals surface area contributed by atoms with Crippen LogP contribution in [0.15, 0.2) is 48.5 Å². The van der Waals surface area contributed by atoms with Crippen molar-refractivity contribution in [1.29, 1.82) is 0 Å². The molecule has 2 aromatic carbocycles. The molecule has 2 aliphatic rings. The van der Waals surface area contributed by atoms with E-state index in [2.05, 4.69) is 5.32 Å². The summed E-state index contributed by atoms with van der Waals surface area (Å²) in [6, 6.07) is 13.2. The van der Waals surface area contributed by atoms with E-state index in [1.165, 1.54) is 4.90 Å². The number of benzene rings is 2. The fourth-order valence-corrected chi connectivity index (χ4v) is 3.97. The largest absolute Gasteiger partial charge is 0.336 e. The first-order chi connectivity index (χ1) is 13.4. The molecule has 0 radical (unpaired) electrons. The maximum atomic E-state index is 13.0. The molecule has 2 aromatic rings. The van der Waals surface area contributed by atoms with Crippen LogP contribution in [0, 0.1) is 0 Å². The Kier molecular flexibility index (Phi) is 4.77. The van der Waals surface area contributed by atoms with Gasteiger partial charge in [0.1, 0.15) is 5.54 Å². The molecule has 2 heterocycles. The molecule has 0 bridgehead atoms. The number of hydrogen-bond acceptors (Lipinski definition) is 3. The minimum atomic E-state index is -1.07. The molecule has 0 aromatic heterocycles. The average molecular weight is 418 g/mol. The Morgan fingerprint density at radius 2 is 1.82 bits per heavy atom. The molecule has 0 aliphatic carbocycles. The van der Waals surface area contributed by atoms with E-state index in [4.69, 9.17) is 23.2 Å². The lowest BCUT2D eigenvalue weighted by Gasteiger charge is -2.22. The first-order valence-electron chi connectivity index (χ1n) is 8.81. The van der Waals surface area contributed by atoms with E-state index < -0.39 is 11.6 Å². The lowest BCUT2D eigenvalue weighted by molar-refractivity contribution is -0.131. The predicted molar refractivity (Wildman–Crippen MR) is 105 cm³/mol. The van der Waals surface area contributed by atoms with Gasteiger partial charge in [-0.25, -0.2) is 4.79 Å². The smallest absolute Gasteiger partial charge is 0.325 e. The second-order valence-corrected chi connectivity index (χ2v) is 7.89. The van der Waals surface area contributed by atoms with Crippen molar-refractivity contribution in [3.8, 4) is 0 Å². The van der Waals surface area contributed by atoms with Gasteiger partial charge in [0.15, 0.2) is 0 Å². The second kappa shape index (κ2) is 7.11. The van der Waals surface area contributed by atoms with E-state index in [1.807, 2.05) is 0 Å². The Labute approximate surface area is 172 Å². The zero-order chi connectivity index (χ0) is 19.9. The molecule has 28 heavy (non-hydrogen) atoms.